The standard InChI is InChI=1S/C8H14N2O/c1-5-6(2)11-7(10-5)8(3,4)9/h9H2,1-4H3. The Morgan fingerprint density at radius 2 is 1.91 bits per heavy atom. The summed E-state index contributed by atoms with van der Waals surface area (Å²) in [5.74, 6) is 1.45. The fourth-order valence-electron chi connectivity index (χ4n) is 0.748. The summed E-state index contributed by atoms with van der Waals surface area (Å²) in [7, 11) is 0. The van der Waals surface area contributed by atoms with Gasteiger partial charge in [-0.05, 0) is 27.7 Å². The lowest BCUT2D eigenvalue weighted by Gasteiger charge is -2.12. The molecule has 0 bridgehead atoms. The molecule has 0 atom stereocenters. The van der Waals surface area contributed by atoms with Gasteiger partial charge in [-0.2, -0.15) is 0 Å². The van der Waals surface area contributed by atoms with Gasteiger partial charge in [0.25, 0.3) is 0 Å². The quantitative estimate of drug-likeness (QED) is 0.666. The molecule has 1 aromatic rings. The minimum absolute atomic E-state index is 0.473. The van der Waals surface area contributed by atoms with Crippen molar-refractivity contribution in [3.05, 3.63) is 17.3 Å². The number of nitrogens with zero attached hydrogens (tertiary/aromatic N) is 1. The second kappa shape index (κ2) is 2.34. The summed E-state index contributed by atoms with van der Waals surface area (Å²) in [5, 5.41) is 0. The van der Waals surface area contributed by atoms with E-state index in [1.807, 2.05) is 27.7 Å². The van der Waals surface area contributed by atoms with E-state index in [1.54, 1.807) is 0 Å². The Morgan fingerprint density at radius 3 is 2.09 bits per heavy atom. The number of oxazole rings is 1. The summed E-state index contributed by atoms with van der Waals surface area (Å²) in [6, 6.07) is 0. The molecule has 0 saturated heterocycles. The van der Waals surface area contributed by atoms with Crippen molar-refractivity contribution < 1.29 is 4.42 Å². The van der Waals surface area contributed by atoms with Gasteiger partial charge >= 0.3 is 0 Å². The minimum atomic E-state index is -0.473. The SMILES string of the molecule is Cc1nc(C(C)(C)N)oc1C. The smallest absolute Gasteiger partial charge is 0.214 e. The lowest BCUT2D eigenvalue weighted by molar-refractivity contribution is 0.367. The van der Waals surface area contributed by atoms with E-state index < -0.39 is 5.54 Å². The molecule has 1 aromatic heterocycles. The number of aromatic nitrogens is 1. The van der Waals surface area contributed by atoms with Gasteiger partial charge in [-0.15, -0.1) is 0 Å². The van der Waals surface area contributed by atoms with Crippen molar-refractivity contribution in [2.75, 3.05) is 0 Å². The topological polar surface area (TPSA) is 52.0 Å². The molecule has 3 heteroatoms. The predicted octanol–water partition coefficient (Wildman–Crippen LogP) is 1.49. The highest BCUT2D eigenvalue weighted by molar-refractivity contribution is 5.09. The van der Waals surface area contributed by atoms with E-state index in [9.17, 15) is 0 Å². The minimum Gasteiger partial charge on any atom is -0.444 e. The van der Waals surface area contributed by atoms with Crippen LogP contribution in [0.4, 0.5) is 0 Å². The van der Waals surface area contributed by atoms with Crippen molar-refractivity contribution in [1.29, 1.82) is 0 Å². The summed E-state index contributed by atoms with van der Waals surface area (Å²) >= 11 is 0. The molecule has 0 amide bonds. The van der Waals surface area contributed by atoms with Gasteiger partial charge in [0, 0.05) is 0 Å². The lowest BCUT2D eigenvalue weighted by Crippen LogP contribution is -2.28. The number of hydrogen-bond donors (Lipinski definition) is 1. The summed E-state index contributed by atoms with van der Waals surface area (Å²) < 4.78 is 5.34. The number of hydrogen-bond acceptors (Lipinski definition) is 3. The van der Waals surface area contributed by atoms with Crippen molar-refractivity contribution in [2.45, 2.75) is 33.2 Å². The molecule has 0 radical (unpaired) electrons. The molecular formula is C8H14N2O. The van der Waals surface area contributed by atoms with E-state index in [1.165, 1.54) is 0 Å². The highest BCUT2D eigenvalue weighted by Crippen LogP contribution is 2.18. The summed E-state index contributed by atoms with van der Waals surface area (Å²) in [5.41, 5.74) is 6.22. The van der Waals surface area contributed by atoms with Gasteiger partial charge in [0.05, 0.1) is 11.2 Å². The Labute approximate surface area is 66.6 Å². The van der Waals surface area contributed by atoms with Crippen molar-refractivity contribution in [3.8, 4) is 0 Å². The van der Waals surface area contributed by atoms with E-state index in [-0.39, 0.29) is 0 Å². The molecule has 0 fully saturated rings. The Balaban J connectivity index is 3.08. The average Bonchev–Trinajstić information content (AvgIpc) is 2.11. The maximum Gasteiger partial charge on any atom is 0.214 e. The molecule has 3 nitrogen and oxygen atoms in total. The molecular weight excluding hydrogens is 140 g/mol. The van der Waals surface area contributed by atoms with Crippen LogP contribution in [0.25, 0.3) is 0 Å². The predicted molar refractivity (Wildman–Crippen MR) is 43.2 cm³/mol. The summed E-state index contributed by atoms with van der Waals surface area (Å²) in [6.07, 6.45) is 0. The molecule has 0 aliphatic heterocycles. The molecule has 0 aliphatic rings. The van der Waals surface area contributed by atoms with Gasteiger partial charge in [0.2, 0.25) is 5.89 Å². The van der Waals surface area contributed by atoms with Gasteiger partial charge < -0.3 is 10.2 Å². The van der Waals surface area contributed by atoms with Gasteiger partial charge in [0.15, 0.2) is 0 Å². The van der Waals surface area contributed by atoms with E-state index in [4.69, 9.17) is 10.2 Å². The van der Waals surface area contributed by atoms with Crippen molar-refractivity contribution in [1.82, 2.24) is 4.98 Å². The first-order valence-corrected chi connectivity index (χ1v) is 3.64. The zero-order valence-electron chi connectivity index (χ0n) is 7.43. The maximum atomic E-state index is 5.78. The summed E-state index contributed by atoms with van der Waals surface area (Å²) in [6.45, 7) is 7.54. The molecule has 1 rings (SSSR count). The largest absolute Gasteiger partial charge is 0.444 e. The van der Waals surface area contributed by atoms with Gasteiger partial charge in [-0.3, -0.25) is 0 Å². The Bertz CT molecular complexity index is 238. The second-order valence-electron chi connectivity index (χ2n) is 3.38. The van der Waals surface area contributed by atoms with Crippen molar-refractivity contribution in [2.24, 2.45) is 5.73 Å². The van der Waals surface area contributed by atoms with Gasteiger partial charge in [-0.25, -0.2) is 4.98 Å². The normalized spacial score (nSPS) is 12.1. The summed E-state index contributed by atoms with van der Waals surface area (Å²) in [4.78, 5) is 4.19. The fourth-order valence-corrected chi connectivity index (χ4v) is 0.748. The van der Waals surface area contributed by atoms with Crippen molar-refractivity contribution >= 4 is 0 Å². The second-order valence-corrected chi connectivity index (χ2v) is 3.38. The third-order valence-corrected chi connectivity index (χ3v) is 1.58. The first-order valence-electron chi connectivity index (χ1n) is 3.64. The Morgan fingerprint density at radius 1 is 1.36 bits per heavy atom. The molecule has 0 aliphatic carbocycles. The first-order chi connectivity index (χ1) is 4.91. The molecule has 0 spiro atoms. The molecule has 2 N–H and O–H groups in total. The Kier molecular flexibility index (Phi) is 1.76. The zero-order chi connectivity index (χ0) is 8.65. The lowest BCUT2D eigenvalue weighted by atomic mass is 10.1. The monoisotopic (exact) mass is 154 g/mol. The number of rotatable bonds is 1. The first kappa shape index (κ1) is 8.27. The third-order valence-electron chi connectivity index (χ3n) is 1.58. The fraction of sp³-hybridized carbons (Fsp3) is 0.625. The van der Waals surface area contributed by atoms with Crippen LogP contribution in [0.15, 0.2) is 4.42 Å². The van der Waals surface area contributed by atoms with Crippen LogP contribution in [0.1, 0.15) is 31.2 Å². The molecule has 1 heterocycles. The Hall–Kier alpha value is -0.830. The highest BCUT2D eigenvalue weighted by Gasteiger charge is 2.21. The third kappa shape index (κ3) is 1.60. The van der Waals surface area contributed by atoms with E-state index in [0.717, 1.165) is 11.5 Å². The highest BCUT2D eigenvalue weighted by atomic mass is 16.4. The van der Waals surface area contributed by atoms with Gasteiger partial charge in [0.1, 0.15) is 5.76 Å². The van der Waals surface area contributed by atoms with E-state index >= 15 is 0 Å². The van der Waals surface area contributed by atoms with Crippen LogP contribution in [0, 0.1) is 13.8 Å². The van der Waals surface area contributed by atoms with Crippen LogP contribution in [0.3, 0.4) is 0 Å². The molecule has 11 heavy (non-hydrogen) atoms. The average molecular weight is 154 g/mol. The van der Waals surface area contributed by atoms with E-state index in [2.05, 4.69) is 4.98 Å². The van der Waals surface area contributed by atoms with Crippen LogP contribution in [0.2, 0.25) is 0 Å². The number of aryl methyl sites for hydroxylation is 2. The van der Waals surface area contributed by atoms with Crippen LogP contribution in [-0.4, -0.2) is 4.98 Å². The molecule has 0 saturated carbocycles. The van der Waals surface area contributed by atoms with Crippen LogP contribution >= 0.6 is 0 Å². The molecule has 62 valence electrons. The van der Waals surface area contributed by atoms with Crippen LogP contribution < -0.4 is 5.73 Å². The van der Waals surface area contributed by atoms with Crippen LogP contribution in [0.5, 0.6) is 0 Å². The van der Waals surface area contributed by atoms with Crippen LogP contribution in [-0.2, 0) is 5.54 Å². The maximum absolute atomic E-state index is 5.78. The van der Waals surface area contributed by atoms with Crippen molar-refractivity contribution in [3.63, 3.8) is 0 Å². The molecule has 0 unspecified atom stereocenters. The molecule has 0 aromatic carbocycles. The van der Waals surface area contributed by atoms with Gasteiger partial charge in [-0.1, -0.05) is 0 Å². The number of nitrogens with two attached hydrogens (primary N) is 1. The zero-order valence-corrected chi connectivity index (χ0v) is 7.43. The van der Waals surface area contributed by atoms with E-state index in [0.29, 0.717) is 5.89 Å².